The number of aliphatic hydroxyl groups is 1. The van der Waals surface area contributed by atoms with Crippen molar-refractivity contribution in [1.82, 2.24) is 4.90 Å². The quantitative estimate of drug-likeness (QED) is 0.805. The van der Waals surface area contributed by atoms with Crippen LogP contribution in [0.3, 0.4) is 0 Å². The van der Waals surface area contributed by atoms with E-state index in [0.717, 1.165) is 11.3 Å². The molecule has 0 aliphatic rings. The maximum atomic E-state index is 12.1. The van der Waals surface area contributed by atoms with E-state index in [4.69, 9.17) is 0 Å². The van der Waals surface area contributed by atoms with Crippen LogP contribution < -0.4 is 5.32 Å². The first-order chi connectivity index (χ1) is 11.1. The van der Waals surface area contributed by atoms with E-state index in [0.29, 0.717) is 25.8 Å². The third-order valence-corrected chi connectivity index (χ3v) is 3.59. The number of carbonyl (C=O) groups excluding carboxylic acids is 2. The normalized spacial score (nSPS) is 12.6. The molecule has 2 amide bonds. The summed E-state index contributed by atoms with van der Waals surface area (Å²) in [5.41, 5.74) is 1.59. The summed E-state index contributed by atoms with van der Waals surface area (Å²) in [4.78, 5) is 25.7. The van der Waals surface area contributed by atoms with Crippen molar-refractivity contribution in [2.24, 2.45) is 5.41 Å². The fraction of sp³-hybridized carbons (Fsp3) is 0.579. The summed E-state index contributed by atoms with van der Waals surface area (Å²) in [7, 11) is 1.74. The fourth-order valence-electron chi connectivity index (χ4n) is 2.21. The van der Waals surface area contributed by atoms with E-state index in [2.05, 4.69) is 5.32 Å². The Labute approximate surface area is 145 Å². The van der Waals surface area contributed by atoms with Gasteiger partial charge >= 0.3 is 0 Å². The first-order valence-electron chi connectivity index (χ1n) is 8.37. The average Bonchev–Trinajstić information content (AvgIpc) is 2.44. The van der Waals surface area contributed by atoms with Crippen molar-refractivity contribution in [1.29, 1.82) is 0 Å². The Balaban J connectivity index is 2.52. The van der Waals surface area contributed by atoms with Crippen molar-refractivity contribution in [3.05, 3.63) is 29.8 Å². The minimum Gasteiger partial charge on any atom is -0.393 e. The first-order valence-corrected chi connectivity index (χ1v) is 8.37. The molecule has 0 aromatic heterocycles. The van der Waals surface area contributed by atoms with Crippen molar-refractivity contribution in [3.8, 4) is 0 Å². The lowest BCUT2D eigenvalue weighted by Crippen LogP contribution is -2.30. The summed E-state index contributed by atoms with van der Waals surface area (Å²) in [6.07, 6.45) is 0.936. The first kappa shape index (κ1) is 20.2. The Bertz CT molecular complexity index is 545. The molecule has 2 N–H and O–H groups in total. The lowest BCUT2D eigenvalue weighted by molar-refractivity contribution is -0.129. The van der Waals surface area contributed by atoms with Crippen molar-refractivity contribution >= 4 is 17.5 Å². The predicted octanol–water partition coefficient (Wildman–Crippen LogP) is 2.83. The SMILES string of the molecule is CC(O)CCN(C)C(=O)Cc1ccc(NC(=O)CC(C)(C)C)cc1. The number of likely N-dealkylation sites (N-methyl/N-ethyl adjacent to an activating group) is 1. The molecule has 0 aliphatic heterocycles. The van der Waals surface area contributed by atoms with Gasteiger partial charge < -0.3 is 15.3 Å². The summed E-state index contributed by atoms with van der Waals surface area (Å²) < 4.78 is 0. The summed E-state index contributed by atoms with van der Waals surface area (Å²) in [6, 6.07) is 7.35. The highest BCUT2D eigenvalue weighted by molar-refractivity contribution is 5.91. The second-order valence-electron chi connectivity index (χ2n) is 7.61. The lowest BCUT2D eigenvalue weighted by Gasteiger charge is -2.18. The minimum atomic E-state index is -0.406. The number of carbonyl (C=O) groups is 2. The van der Waals surface area contributed by atoms with Gasteiger partial charge in [0.2, 0.25) is 11.8 Å². The number of benzene rings is 1. The van der Waals surface area contributed by atoms with Crippen LogP contribution in [0.25, 0.3) is 0 Å². The molecule has 5 nitrogen and oxygen atoms in total. The third-order valence-electron chi connectivity index (χ3n) is 3.59. The number of rotatable bonds is 7. The zero-order valence-electron chi connectivity index (χ0n) is 15.4. The van der Waals surface area contributed by atoms with Gasteiger partial charge in [-0.3, -0.25) is 9.59 Å². The second kappa shape index (κ2) is 8.83. The van der Waals surface area contributed by atoms with Crippen molar-refractivity contribution in [3.63, 3.8) is 0 Å². The van der Waals surface area contributed by atoms with E-state index in [9.17, 15) is 14.7 Å². The maximum absolute atomic E-state index is 12.1. The molecule has 24 heavy (non-hydrogen) atoms. The molecule has 0 saturated carbocycles. The van der Waals surface area contributed by atoms with Crippen LogP contribution in [0.15, 0.2) is 24.3 Å². The number of hydrogen-bond donors (Lipinski definition) is 2. The standard InChI is InChI=1S/C19H30N2O3/c1-14(22)10-11-21(5)18(24)12-15-6-8-16(9-7-15)20-17(23)13-19(2,3)4/h6-9,14,22H,10-13H2,1-5H3,(H,20,23). The smallest absolute Gasteiger partial charge is 0.226 e. The molecule has 5 heteroatoms. The second-order valence-corrected chi connectivity index (χ2v) is 7.61. The fourth-order valence-corrected chi connectivity index (χ4v) is 2.21. The summed E-state index contributed by atoms with van der Waals surface area (Å²) in [5.74, 6) is 0.00403. The van der Waals surface area contributed by atoms with Crippen molar-refractivity contribution in [2.45, 2.75) is 53.1 Å². The van der Waals surface area contributed by atoms with E-state index in [1.807, 2.05) is 45.0 Å². The number of nitrogens with one attached hydrogen (secondary N) is 1. The molecule has 0 heterocycles. The van der Waals surface area contributed by atoms with E-state index in [1.165, 1.54) is 0 Å². The van der Waals surface area contributed by atoms with Gasteiger partial charge in [-0.05, 0) is 36.5 Å². The number of nitrogens with zero attached hydrogens (tertiary/aromatic N) is 1. The molecule has 0 radical (unpaired) electrons. The van der Waals surface area contributed by atoms with Gasteiger partial charge in [0.1, 0.15) is 0 Å². The molecule has 1 unspecified atom stereocenters. The topological polar surface area (TPSA) is 69.6 Å². The van der Waals surface area contributed by atoms with Gasteiger partial charge in [0.25, 0.3) is 0 Å². The molecule has 1 atom stereocenters. The maximum Gasteiger partial charge on any atom is 0.226 e. The van der Waals surface area contributed by atoms with Gasteiger partial charge in [-0.15, -0.1) is 0 Å². The van der Waals surface area contributed by atoms with Crippen LogP contribution in [-0.2, 0) is 16.0 Å². The molecule has 1 aromatic rings. The van der Waals surface area contributed by atoms with E-state index in [-0.39, 0.29) is 17.2 Å². The molecule has 134 valence electrons. The Morgan fingerprint density at radius 1 is 1.21 bits per heavy atom. The molecular weight excluding hydrogens is 304 g/mol. The molecule has 1 rings (SSSR count). The van der Waals surface area contributed by atoms with Crippen LogP contribution in [0, 0.1) is 5.41 Å². The zero-order chi connectivity index (χ0) is 18.3. The molecule has 0 fully saturated rings. The van der Waals surface area contributed by atoms with Crippen LogP contribution in [0.5, 0.6) is 0 Å². The number of anilines is 1. The van der Waals surface area contributed by atoms with Crippen LogP contribution in [-0.4, -0.2) is 41.5 Å². The Hall–Kier alpha value is -1.88. The van der Waals surface area contributed by atoms with Gasteiger partial charge in [0.15, 0.2) is 0 Å². The molecule has 0 saturated heterocycles. The predicted molar refractivity (Wildman–Crippen MR) is 96.8 cm³/mol. The van der Waals surface area contributed by atoms with Gasteiger partial charge in [-0.2, -0.15) is 0 Å². The number of aliphatic hydroxyl groups excluding tert-OH is 1. The molecule has 0 aliphatic carbocycles. The van der Waals surface area contributed by atoms with Gasteiger partial charge in [-0.25, -0.2) is 0 Å². The zero-order valence-corrected chi connectivity index (χ0v) is 15.4. The molecular formula is C19H30N2O3. The Morgan fingerprint density at radius 3 is 2.29 bits per heavy atom. The van der Waals surface area contributed by atoms with Crippen molar-refractivity contribution in [2.75, 3.05) is 18.9 Å². The Morgan fingerprint density at radius 2 is 1.79 bits per heavy atom. The summed E-state index contributed by atoms with van der Waals surface area (Å²) in [5, 5.41) is 12.1. The Kier molecular flexibility index (Phi) is 7.42. The van der Waals surface area contributed by atoms with Crippen LogP contribution in [0.4, 0.5) is 5.69 Å². The van der Waals surface area contributed by atoms with E-state index in [1.54, 1.807) is 18.9 Å². The van der Waals surface area contributed by atoms with E-state index >= 15 is 0 Å². The lowest BCUT2D eigenvalue weighted by atomic mass is 9.92. The van der Waals surface area contributed by atoms with Gasteiger partial charge in [0, 0.05) is 25.7 Å². The van der Waals surface area contributed by atoms with Gasteiger partial charge in [0.05, 0.1) is 12.5 Å². The third kappa shape index (κ3) is 8.11. The van der Waals surface area contributed by atoms with Gasteiger partial charge in [-0.1, -0.05) is 32.9 Å². The average molecular weight is 334 g/mol. The summed E-state index contributed by atoms with van der Waals surface area (Å²) in [6.45, 7) is 8.32. The largest absolute Gasteiger partial charge is 0.393 e. The van der Waals surface area contributed by atoms with Crippen molar-refractivity contribution < 1.29 is 14.7 Å². The highest BCUT2D eigenvalue weighted by Gasteiger charge is 2.16. The highest BCUT2D eigenvalue weighted by atomic mass is 16.3. The van der Waals surface area contributed by atoms with Crippen LogP contribution >= 0.6 is 0 Å². The van der Waals surface area contributed by atoms with Crippen LogP contribution in [0.1, 0.15) is 46.1 Å². The molecule has 0 bridgehead atoms. The molecule has 1 aromatic carbocycles. The molecule has 0 spiro atoms. The monoisotopic (exact) mass is 334 g/mol. The summed E-state index contributed by atoms with van der Waals surface area (Å²) >= 11 is 0. The van der Waals surface area contributed by atoms with Crippen LogP contribution in [0.2, 0.25) is 0 Å². The minimum absolute atomic E-state index is 0.0100. The number of amides is 2. The number of hydrogen-bond acceptors (Lipinski definition) is 3. The van der Waals surface area contributed by atoms with E-state index < -0.39 is 6.10 Å². The highest BCUT2D eigenvalue weighted by Crippen LogP contribution is 2.20.